The van der Waals surface area contributed by atoms with E-state index < -0.39 is 14.8 Å². The van der Waals surface area contributed by atoms with E-state index in [4.69, 9.17) is 0 Å². The zero-order valence-corrected chi connectivity index (χ0v) is 11.3. The first-order chi connectivity index (χ1) is 9.86. The highest BCUT2D eigenvalue weighted by atomic mass is 16.6. The van der Waals surface area contributed by atoms with Crippen LogP contribution in [0.5, 0.6) is 0 Å². The van der Waals surface area contributed by atoms with Crippen molar-refractivity contribution in [3.05, 3.63) is 65.2 Å². The van der Waals surface area contributed by atoms with Gasteiger partial charge in [-0.2, -0.15) is 0 Å². The van der Waals surface area contributed by atoms with Crippen molar-refractivity contribution in [3.8, 4) is 0 Å². The zero-order valence-electron chi connectivity index (χ0n) is 11.3. The summed E-state index contributed by atoms with van der Waals surface area (Å²) in [4.78, 5) is 29.9. The van der Waals surface area contributed by atoms with E-state index in [1.807, 2.05) is 0 Å². The molecule has 0 bridgehead atoms. The predicted octanol–water partition coefficient (Wildman–Crippen LogP) is 1.14. The minimum Gasteiger partial charge on any atom is -0.265 e. The predicted molar refractivity (Wildman–Crippen MR) is 73.1 cm³/mol. The number of hydrogen-bond acceptors (Lipinski definition) is 6. The molecule has 21 heavy (non-hydrogen) atoms. The Morgan fingerprint density at radius 2 is 0.857 bits per heavy atom. The van der Waals surface area contributed by atoms with Crippen molar-refractivity contribution in [2.75, 3.05) is 19.6 Å². The van der Waals surface area contributed by atoms with E-state index in [1.165, 1.54) is 0 Å². The van der Waals surface area contributed by atoms with Crippen molar-refractivity contribution in [1.82, 2.24) is 0 Å². The van der Waals surface area contributed by atoms with E-state index in [1.54, 1.807) is 18.2 Å². The van der Waals surface area contributed by atoms with Crippen molar-refractivity contribution < 1.29 is 14.8 Å². The molecule has 0 amide bonds. The van der Waals surface area contributed by atoms with Gasteiger partial charge in [0.05, 0.1) is 0 Å². The minimum atomic E-state index is -0.444. The lowest BCUT2D eigenvalue weighted by Gasteiger charge is -2.07. The normalized spacial score (nSPS) is 10.3. The van der Waals surface area contributed by atoms with Crippen LogP contribution >= 0.6 is 0 Å². The van der Waals surface area contributed by atoms with E-state index in [9.17, 15) is 30.3 Å². The molecule has 0 aliphatic carbocycles. The number of rotatable bonds is 9. The fraction of sp³-hybridized carbons (Fsp3) is 0.500. The molecule has 1 rings (SSSR count). The molecule has 1 aromatic carbocycles. The van der Waals surface area contributed by atoms with Gasteiger partial charge in [0, 0.05) is 34.0 Å². The second kappa shape index (κ2) is 7.88. The fourth-order valence-corrected chi connectivity index (χ4v) is 1.93. The van der Waals surface area contributed by atoms with Gasteiger partial charge in [0.2, 0.25) is 19.6 Å². The Morgan fingerprint density at radius 1 is 0.619 bits per heavy atom. The zero-order chi connectivity index (χ0) is 15.8. The van der Waals surface area contributed by atoms with Crippen LogP contribution in [0, 0.1) is 30.3 Å². The van der Waals surface area contributed by atoms with Crippen molar-refractivity contribution in [2.45, 2.75) is 19.3 Å². The molecular weight excluding hydrogens is 282 g/mol. The third kappa shape index (κ3) is 6.95. The number of hydrogen-bond donors (Lipinski definition) is 0. The third-order valence-electron chi connectivity index (χ3n) is 2.86. The highest BCUT2D eigenvalue weighted by Crippen LogP contribution is 2.13. The van der Waals surface area contributed by atoms with Crippen molar-refractivity contribution in [3.63, 3.8) is 0 Å². The first-order valence-electron chi connectivity index (χ1n) is 6.34. The summed E-state index contributed by atoms with van der Waals surface area (Å²) in [7, 11) is 0. The molecule has 9 nitrogen and oxygen atoms in total. The molecule has 0 aliphatic heterocycles. The van der Waals surface area contributed by atoms with Gasteiger partial charge in [0.1, 0.15) is 0 Å². The van der Waals surface area contributed by atoms with Gasteiger partial charge in [-0.15, -0.1) is 0 Å². The van der Waals surface area contributed by atoms with Crippen LogP contribution in [0.2, 0.25) is 0 Å². The Kier molecular flexibility index (Phi) is 6.18. The Labute approximate surface area is 120 Å². The van der Waals surface area contributed by atoms with Crippen LogP contribution in [-0.2, 0) is 19.3 Å². The van der Waals surface area contributed by atoms with Crippen LogP contribution in [0.15, 0.2) is 18.2 Å². The molecule has 0 saturated carbocycles. The average molecular weight is 297 g/mol. The quantitative estimate of drug-likeness (QED) is 0.496. The van der Waals surface area contributed by atoms with Gasteiger partial charge in [-0.25, -0.2) is 0 Å². The van der Waals surface area contributed by atoms with Crippen molar-refractivity contribution >= 4 is 0 Å². The van der Waals surface area contributed by atoms with E-state index in [0.29, 0.717) is 16.7 Å². The molecule has 114 valence electrons. The first kappa shape index (κ1) is 16.5. The van der Waals surface area contributed by atoms with Gasteiger partial charge in [0.15, 0.2) is 0 Å². The van der Waals surface area contributed by atoms with Crippen LogP contribution < -0.4 is 0 Å². The van der Waals surface area contributed by atoms with Crippen molar-refractivity contribution in [2.24, 2.45) is 0 Å². The Hall–Kier alpha value is -2.58. The largest absolute Gasteiger partial charge is 0.265 e. The molecule has 0 fully saturated rings. The Balaban J connectivity index is 2.86. The van der Waals surface area contributed by atoms with Crippen LogP contribution in [-0.4, -0.2) is 34.4 Å². The van der Waals surface area contributed by atoms with Gasteiger partial charge >= 0.3 is 0 Å². The standard InChI is InChI=1S/C12H15N3O6/c16-13(17)4-1-10-7-11(2-5-14(18)19)9-12(8-10)3-6-15(20)21/h7-9H,1-6H2. The molecular formula is C12H15N3O6. The second-order valence-electron chi connectivity index (χ2n) is 4.58. The second-order valence-corrected chi connectivity index (χ2v) is 4.58. The van der Waals surface area contributed by atoms with Crippen LogP contribution in [0.1, 0.15) is 16.7 Å². The molecule has 0 unspecified atom stereocenters. The molecule has 0 aliphatic rings. The lowest BCUT2D eigenvalue weighted by atomic mass is 10.00. The number of benzene rings is 1. The van der Waals surface area contributed by atoms with Gasteiger partial charge in [-0.05, 0) is 16.7 Å². The maximum atomic E-state index is 10.4. The number of nitrogens with zero attached hydrogens (tertiary/aromatic N) is 3. The molecule has 0 heterocycles. The van der Waals surface area contributed by atoms with Gasteiger partial charge in [0.25, 0.3) is 0 Å². The maximum Gasteiger partial charge on any atom is 0.207 e. The molecule has 0 N–H and O–H groups in total. The molecule has 0 spiro atoms. The lowest BCUT2D eigenvalue weighted by Crippen LogP contribution is -2.09. The average Bonchev–Trinajstić information content (AvgIpc) is 2.40. The fourth-order valence-electron chi connectivity index (χ4n) is 1.93. The Morgan fingerprint density at radius 3 is 1.05 bits per heavy atom. The van der Waals surface area contributed by atoms with Gasteiger partial charge in [-0.3, -0.25) is 30.3 Å². The molecule has 0 saturated heterocycles. The molecule has 0 aromatic heterocycles. The van der Waals surface area contributed by atoms with Crippen LogP contribution in [0.4, 0.5) is 0 Å². The molecule has 0 atom stereocenters. The van der Waals surface area contributed by atoms with E-state index in [-0.39, 0.29) is 38.9 Å². The van der Waals surface area contributed by atoms with E-state index in [0.717, 1.165) is 0 Å². The highest BCUT2D eigenvalue weighted by Gasteiger charge is 2.08. The maximum absolute atomic E-state index is 10.4. The number of nitro groups is 3. The lowest BCUT2D eigenvalue weighted by molar-refractivity contribution is -0.479. The molecule has 0 radical (unpaired) electrons. The third-order valence-corrected chi connectivity index (χ3v) is 2.86. The summed E-state index contributed by atoms with van der Waals surface area (Å²) in [6.45, 7) is -0.728. The molecule has 9 heteroatoms. The van der Waals surface area contributed by atoms with Gasteiger partial charge in [-0.1, -0.05) is 18.2 Å². The summed E-state index contributed by atoms with van der Waals surface area (Å²) in [6, 6.07) is 5.05. The summed E-state index contributed by atoms with van der Waals surface area (Å²) in [5, 5.41) is 31.2. The Bertz CT molecular complexity index is 457. The van der Waals surface area contributed by atoms with E-state index >= 15 is 0 Å². The van der Waals surface area contributed by atoms with Crippen molar-refractivity contribution in [1.29, 1.82) is 0 Å². The van der Waals surface area contributed by atoms with E-state index in [2.05, 4.69) is 0 Å². The summed E-state index contributed by atoms with van der Waals surface area (Å²) in [5.41, 5.74) is 2.02. The molecule has 1 aromatic rings. The summed E-state index contributed by atoms with van der Waals surface area (Å²) >= 11 is 0. The summed E-state index contributed by atoms with van der Waals surface area (Å²) in [5.74, 6) is 0. The summed E-state index contributed by atoms with van der Waals surface area (Å²) < 4.78 is 0. The van der Waals surface area contributed by atoms with Crippen LogP contribution in [0.25, 0.3) is 0 Å². The van der Waals surface area contributed by atoms with Gasteiger partial charge < -0.3 is 0 Å². The smallest absolute Gasteiger partial charge is 0.207 e. The topological polar surface area (TPSA) is 129 Å². The first-order valence-corrected chi connectivity index (χ1v) is 6.34. The van der Waals surface area contributed by atoms with Crippen LogP contribution in [0.3, 0.4) is 0 Å². The monoisotopic (exact) mass is 297 g/mol. The highest BCUT2D eigenvalue weighted by molar-refractivity contribution is 5.31. The SMILES string of the molecule is O=[N+]([O-])CCc1cc(CC[N+](=O)[O-])cc(CC[N+](=O)[O-])c1. The summed E-state index contributed by atoms with van der Waals surface area (Å²) in [6.07, 6.45) is 0.598. The minimum absolute atomic E-state index is 0.199.